The highest BCUT2D eigenvalue weighted by atomic mass is 16.2. The van der Waals surface area contributed by atoms with Crippen LogP contribution in [0.1, 0.15) is 51.9 Å². The van der Waals surface area contributed by atoms with Gasteiger partial charge in [-0.15, -0.1) is 0 Å². The Morgan fingerprint density at radius 2 is 2.10 bits per heavy atom. The van der Waals surface area contributed by atoms with Crippen molar-refractivity contribution in [2.75, 3.05) is 32.7 Å². The highest BCUT2D eigenvalue weighted by Gasteiger charge is 2.35. The lowest BCUT2D eigenvalue weighted by molar-refractivity contribution is -0.138. The molecule has 4 heteroatoms. The molecule has 3 heterocycles. The number of carbonyl (C=O) groups excluding carboxylic acids is 1. The van der Waals surface area contributed by atoms with E-state index in [1.165, 1.54) is 38.6 Å². The van der Waals surface area contributed by atoms with Crippen LogP contribution < -0.4 is 5.32 Å². The number of piperidine rings is 2. The van der Waals surface area contributed by atoms with E-state index in [0.29, 0.717) is 23.9 Å². The highest BCUT2D eigenvalue weighted by molar-refractivity contribution is 5.76. The van der Waals surface area contributed by atoms with Crippen LogP contribution in [0.15, 0.2) is 0 Å². The molecule has 0 bridgehead atoms. The van der Waals surface area contributed by atoms with E-state index in [1.54, 1.807) is 0 Å². The third-order valence-corrected chi connectivity index (χ3v) is 5.67. The summed E-state index contributed by atoms with van der Waals surface area (Å²) in [6.45, 7) is 7.80. The van der Waals surface area contributed by atoms with Gasteiger partial charge in [0, 0.05) is 31.6 Å². The fourth-order valence-corrected chi connectivity index (χ4v) is 4.34. The Labute approximate surface area is 129 Å². The van der Waals surface area contributed by atoms with Gasteiger partial charge >= 0.3 is 0 Å². The van der Waals surface area contributed by atoms with Gasteiger partial charge in [-0.2, -0.15) is 0 Å². The average Bonchev–Trinajstić information content (AvgIpc) is 2.53. The Hall–Kier alpha value is -0.610. The van der Waals surface area contributed by atoms with Gasteiger partial charge in [0.1, 0.15) is 0 Å². The molecule has 0 aromatic heterocycles. The molecule has 0 aromatic rings. The molecule has 3 rings (SSSR count). The monoisotopic (exact) mass is 293 g/mol. The first-order valence-electron chi connectivity index (χ1n) is 8.98. The third kappa shape index (κ3) is 3.78. The maximum atomic E-state index is 12.6. The van der Waals surface area contributed by atoms with Crippen molar-refractivity contribution in [3.8, 4) is 0 Å². The number of amides is 1. The van der Waals surface area contributed by atoms with Crippen molar-refractivity contribution in [1.82, 2.24) is 15.1 Å². The SMILES string of the molecule is CC1CN2CCCCC2CN1C(=O)CCC1CCCNC1. The van der Waals surface area contributed by atoms with Crippen LogP contribution in [0.25, 0.3) is 0 Å². The van der Waals surface area contributed by atoms with Crippen LogP contribution in [0, 0.1) is 5.92 Å². The summed E-state index contributed by atoms with van der Waals surface area (Å²) in [5.41, 5.74) is 0. The Morgan fingerprint density at radius 3 is 2.90 bits per heavy atom. The zero-order valence-electron chi connectivity index (χ0n) is 13.5. The first-order chi connectivity index (χ1) is 10.2. The third-order valence-electron chi connectivity index (χ3n) is 5.67. The Kier molecular flexibility index (Phi) is 5.17. The second-order valence-electron chi connectivity index (χ2n) is 7.29. The molecule has 3 aliphatic rings. The predicted octanol–water partition coefficient (Wildman–Crippen LogP) is 1.85. The van der Waals surface area contributed by atoms with Crippen LogP contribution in [0.3, 0.4) is 0 Å². The maximum absolute atomic E-state index is 12.6. The lowest BCUT2D eigenvalue weighted by Crippen LogP contribution is -2.60. The number of fused-ring (bicyclic) bond motifs is 1. The van der Waals surface area contributed by atoms with Gasteiger partial charge in [-0.25, -0.2) is 0 Å². The first kappa shape index (κ1) is 15.3. The summed E-state index contributed by atoms with van der Waals surface area (Å²) in [5.74, 6) is 1.12. The summed E-state index contributed by atoms with van der Waals surface area (Å²) in [6, 6.07) is 1.03. The molecule has 3 saturated heterocycles. The number of hydrogen-bond acceptors (Lipinski definition) is 3. The molecule has 3 atom stereocenters. The second-order valence-corrected chi connectivity index (χ2v) is 7.29. The summed E-state index contributed by atoms with van der Waals surface area (Å²) in [4.78, 5) is 17.4. The van der Waals surface area contributed by atoms with Gasteiger partial charge in [-0.05, 0) is 64.6 Å². The zero-order valence-corrected chi connectivity index (χ0v) is 13.5. The van der Waals surface area contributed by atoms with Gasteiger partial charge < -0.3 is 10.2 Å². The quantitative estimate of drug-likeness (QED) is 0.862. The number of hydrogen-bond donors (Lipinski definition) is 1. The van der Waals surface area contributed by atoms with Crippen LogP contribution in [0.2, 0.25) is 0 Å². The normalized spacial score (nSPS) is 34.5. The van der Waals surface area contributed by atoms with Gasteiger partial charge in [-0.1, -0.05) is 6.42 Å². The molecule has 0 radical (unpaired) electrons. The number of nitrogens with zero attached hydrogens (tertiary/aromatic N) is 2. The van der Waals surface area contributed by atoms with Crippen molar-refractivity contribution in [3.05, 3.63) is 0 Å². The van der Waals surface area contributed by atoms with Crippen molar-refractivity contribution in [3.63, 3.8) is 0 Å². The minimum Gasteiger partial charge on any atom is -0.337 e. The molecule has 0 saturated carbocycles. The molecule has 21 heavy (non-hydrogen) atoms. The van der Waals surface area contributed by atoms with E-state index < -0.39 is 0 Å². The van der Waals surface area contributed by atoms with Crippen LogP contribution in [-0.2, 0) is 4.79 Å². The average molecular weight is 293 g/mol. The molecule has 0 aromatic carbocycles. The number of nitrogens with one attached hydrogen (secondary N) is 1. The minimum absolute atomic E-state index is 0.399. The fourth-order valence-electron chi connectivity index (χ4n) is 4.34. The van der Waals surface area contributed by atoms with E-state index in [4.69, 9.17) is 0 Å². The molecule has 1 N–H and O–H groups in total. The minimum atomic E-state index is 0.399. The van der Waals surface area contributed by atoms with Gasteiger partial charge in [0.15, 0.2) is 0 Å². The fraction of sp³-hybridized carbons (Fsp3) is 0.941. The molecule has 4 nitrogen and oxygen atoms in total. The molecule has 120 valence electrons. The Morgan fingerprint density at radius 1 is 1.19 bits per heavy atom. The lowest BCUT2D eigenvalue weighted by Gasteiger charge is -2.47. The summed E-state index contributed by atoms with van der Waals surface area (Å²) in [6.07, 6.45) is 8.36. The standard InChI is InChI=1S/C17H31N3O/c1-14-12-19-10-3-2-6-16(19)13-20(14)17(21)8-7-15-5-4-9-18-11-15/h14-16,18H,2-13H2,1H3. The van der Waals surface area contributed by atoms with Crippen LogP contribution in [-0.4, -0.2) is 60.5 Å². The topological polar surface area (TPSA) is 35.6 Å². The molecule has 3 unspecified atom stereocenters. The van der Waals surface area contributed by atoms with Crippen LogP contribution in [0.5, 0.6) is 0 Å². The number of carbonyl (C=O) groups is 1. The maximum Gasteiger partial charge on any atom is 0.222 e. The predicted molar refractivity (Wildman–Crippen MR) is 85.2 cm³/mol. The zero-order chi connectivity index (χ0) is 14.7. The molecule has 0 spiro atoms. The van der Waals surface area contributed by atoms with Gasteiger partial charge in [0.2, 0.25) is 5.91 Å². The summed E-state index contributed by atoms with van der Waals surface area (Å²) >= 11 is 0. The van der Waals surface area contributed by atoms with Crippen molar-refractivity contribution < 1.29 is 4.79 Å². The summed E-state index contributed by atoms with van der Waals surface area (Å²) in [5, 5.41) is 3.45. The summed E-state index contributed by atoms with van der Waals surface area (Å²) < 4.78 is 0. The molecule has 3 fully saturated rings. The second kappa shape index (κ2) is 7.10. The highest BCUT2D eigenvalue weighted by Crippen LogP contribution is 2.25. The molecule has 0 aliphatic carbocycles. The van der Waals surface area contributed by atoms with E-state index in [9.17, 15) is 4.79 Å². The number of piperazine rings is 1. The van der Waals surface area contributed by atoms with Crippen molar-refractivity contribution >= 4 is 5.91 Å². The lowest BCUT2D eigenvalue weighted by atomic mass is 9.93. The van der Waals surface area contributed by atoms with Crippen LogP contribution in [0.4, 0.5) is 0 Å². The van der Waals surface area contributed by atoms with Crippen molar-refractivity contribution in [2.45, 2.75) is 64.0 Å². The van der Waals surface area contributed by atoms with Gasteiger partial charge in [0.25, 0.3) is 0 Å². The van der Waals surface area contributed by atoms with Crippen molar-refractivity contribution in [1.29, 1.82) is 0 Å². The van der Waals surface area contributed by atoms with E-state index in [2.05, 4.69) is 22.0 Å². The van der Waals surface area contributed by atoms with Gasteiger partial charge in [0.05, 0.1) is 0 Å². The largest absolute Gasteiger partial charge is 0.337 e. The number of rotatable bonds is 3. The molecule has 3 aliphatic heterocycles. The van der Waals surface area contributed by atoms with Crippen molar-refractivity contribution in [2.24, 2.45) is 5.92 Å². The van der Waals surface area contributed by atoms with Crippen LogP contribution >= 0.6 is 0 Å². The van der Waals surface area contributed by atoms with E-state index >= 15 is 0 Å². The van der Waals surface area contributed by atoms with E-state index in [-0.39, 0.29) is 0 Å². The first-order valence-corrected chi connectivity index (χ1v) is 8.98. The van der Waals surface area contributed by atoms with Gasteiger partial charge in [-0.3, -0.25) is 9.69 Å². The Balaban J connectivity index is 1.49. The molecular weight excluding hydrogens is 262 g/mol. The smallest absolute Gasteiger partial charge is 0.222 e. The molecular formula is C17H31N3O. The summed E-state index contributed by atoms with van der Waals surface area (Å²) in [7, 11) is 0. The van der Waals surface area contributed by atoms with E-state index in [0.717, 1.165) is 39.0 Å². The van der Waals surface area contributed by atoms with E-state index in [1.807, 2.05) is 0 Å². The molecule has 1 amide bonds. The Bertz CT molecular complexity index is 354.